The van der Waals surface area contributed by atoms with Gasteiger partial charge in [-0.25, -0.2) is 0 Å². The lowest BCUT2D eigenvalue weighted by molar-refractivity contribution is -0.214. The second kappa shape index (κ2) is 9.21. The molecular weight excluding hydrogens is 382 g/mol. The lowest BCUT2D eigenvalue weighted by atomic mass is 9.85. The Morgan fingerprint density at radius 1 is 0.931 bits per heavy atom. The molecule has 9 nitrogen and oxygen atoms in total. The number of methoxy groups -OCH3 is 3. The Morgan fingerprint density at radius 3 is 2.38 bits per heavy atom. The van der Waals surface area contributed by atoms with Crippen LogP contribution in [0.5, 0.6) is 11.5 Å². The van der Waals surface area contributed by atoms with Crippen molar-refractivity contribution >= 4 is 10.8 Å². The largest absolute Gasteiger partial charge is 0.454 e. The number of hydrogen-bond donors (Lipinski definition) is 0. The van der Waals surface area contributed by atoms with Crippen molar-refractivity contribution in [1.82, 2.24) is 4.98 Å². The molecule has 158 valence electrons. The molecular formula is C20H25NO8. The van der Waals surface area contributed by atoms with Gasteiger partial charge >= 0.3 is 0 Å². The van der Waals surface area contributed by atoms with Gasteiger partial charge in [0.05, 0.1) is 11.8 Å². The Balaban J connectivity index is 1.78. The van der Waals surface area contributed by atoms with E-state index in [2.05, 4.69) is 0 Å². The third kappa shape index (κ3) is 4.02. The van der Waals surface area contributed by atoms with Gasteiger partial charge in [0.25, 0.3) is 0 Å². The van der Waals surface area contributed by atoms with Gasteiger partial charge in [0.15, 0.2) is 11.5 Å². The van der Waals surface area contributed by atoms with Crippen LogP contribution < -0.4 is 9.47 Å². The van der Waals surface area contributed by atoms with Gasteiger partial charge in [0.1, 0.15) is 32.6 Å². The molecule has 1 aliphatic heterocycles. The molecule has 0 amide bonds. The van der Waals surface area contributed by atoms with E-state index < -0.39 is 12.2 Å². The molecule has 1 aromatic carbocycles. The first kappa shape index (κ1) is 20.3. The Labute approximate surface area is 168 Å². The van der Waals surface area contributed by atoms with Crippen molar-refractivity contribution in [1.29, 1.82) is 0 Å². The number of fused-ring (bicyclic) bond motifs is 4. The summed E-state index contributed by atoms with van der Waals surface area (Å²) in [7, 11) is 4.72. The molecule has 1 aliphatic carbocycles. The summed E-state index contributed by atoms with van der Waals surface area (Å²) in [6, 6.07) is 3.92. The van der Waals surface area contributed by atoms with Crippen molar-refractivity contribution < 1.29 is 37.9 Å². The topological polar surface area (TPSA) is 86.7 Å². The zero-order valence-electron chi connectivity index (χ0n) is 16.7. The number of hydrogen-bond acceptors (Lipinski definition) is 9. The van der Waals surface area contributed by atoms with Crippen molar-refractivity contribution in [3.63, 3.8) is 0 Å². The summed E-state index contributed by atoms with van der Waals surface area (Å²) in [6.45, 7) is 0.544. The average Bonchev–Trinajstić information content (AvgIpc) is 3.20. The van der Waals surface area contributed by atoms with Gasteiger partial charge in [0, 0.05) is 39.3 Å². The summed E-state index contributed by atoms with van der Waals surface area (Å²) in [5.74, 6) is 1.43. The summed E-state index contributed by atoms with van der Waals surface area (Å²) in [4.78, 5) is 4.70. The number of nitrogens with zero attached hydrogens (tertiary/aromatic N) is 1. The quantitative estimate of drug-likeness (QED) is 0.580. The SMILES string of the molecule is COCO[C@H]1[C@@H](OCOC)Cc2c(ncc3cc4c(cc23)OCO4)[C@@H]1OCOC. The van der Waals surface area contributed by atoms with Gasteiger partial charge in [-0.3, -0.25) is 4.98 Å². The fourth-order valence-corrected chi connectivity index (χ4v) is 3.77. The summed E-state index contributed by atoms with van der Waals surface area (Å²) in [5, 5.41) is 1.97. The number of pyridine rings is 1. The van der Waals surface area contributed by atoms with Gasteiger partial charge < -0.3 is 37.9 Å². The molecule has 2 aliphatic rings. The summed E-state index contributed by atoms with van der Waals surface area (Å²) < 4.78 is 44.3. The minimum absolute atomic E-state index is 0.0921. The zero-order chi connectivity index (χ0) is 20.2. The Kier molecular flexibility index (Phi) is 6.43. The highest BCUT2D eigenvalue weighted by Gasteiger charge is 2.41. The van der Waals surface area contributed by atoms with Crippen molar-refractivity contribution in [3.05, 3.63) is 29.6 Å². The minimum Gasteiger partial charge on any atom is -0.454 e. The second-order valence-electron chi connectivity index (χ2n) is 6.76. The Hall–Kier alpha value is -2.01. The molecule has 29 heavy (non-hydrogen) atoms. The highest BCUT2D eigenvalue weighted by Crippen LogP contribution is 2.42. The molecule has 9 heteroatoms. The maximum Gasteiger partial charge on any atom is 0.231 e. The van der Waals surface area contributed by atoms with Crippen molar-refractivity contribution in [3.8, 4) is 11.5 Å². The zero-order valence-corrected chi connectivity index (χ0v) is 16.7. The van der Waals surface area contributed by atoms with Crippen LogP contribution in [0, 0.1) is 0 Å². The van der Waals surface area contributed by atoms with Crippen LogP contribution in [0.15, 0.2) is 18.3 Å². The third-order valence-electron chi connectivity index (χ3n) is 5.01. The van der Waals surface area contributed by atoms with E-state index in [1.165, 1.54) is 0 Å². The first-order valence-electron chi connectivity index (χ1n) is 9.29. The van der Waals surface area contributed by atoms with E-state index in [1.54, 1.807) is 21.3 Å². The van der Waals surface area contributed by atoms with E-state index in [0.29, 0.717) is 12.2 Å². The van der Waals surface area contributed by atoms with Gasteiger partial charge in [-0.15, -0.1) is 0 Å². The average molecular weight is 407 g/mol. The molecule has 0 saturated heterocycles. The van der Waals surface area contributed by atoms with E-state index >= 15 is 0 Å². The molecule has 0 N–H and O–H groups in total. The molecule has 0 saturated carbocycles. The number of rotatable bonds is 9. The lowest BCUT2D eigenvalue weighted by Gasteiger charge is -2.38. The second-order valence-corrected chi connectivity index (χ2v) is 6.76. The van der Waals surface area contributed by atoms with Crippen LogP contribution >= 0.6 is 0 Å². The van der Waals surface area contributed by atoms with Crippen LogP contribution in [-0.2, 0) is 34.8 Å². The number of benzene rings is 1. The standard InChI is InChI=1S/C20H25NO8/c1-22-8-25-17-6-14-13-5-16-15(26-11-27-16)4-12(13)7-21-18(14)20(29-10-24-3)19(17)28-9-23-2/h4-5,7,17,19-20H,6,8-11H2,1-3H3/t17-,19-,20-/m0/s1. The van der Waals surface area contributed by atoms with E-state index in [1.807, 2.05) is 18.3 Å². The van der Waals surface area contributed by atoms with Crippen LogP contribution in [0.4, 0.5) is 0 Å². The summed E-state index contributed by atoms with van der Waals surface area (Å²) in [6.07, 6.45) is 1.13. The van der Waals surface area contributed by atoms with Crippen molar-refractivity contribution in [2.45, 2.75) is 24.7 Å². The first-order chi connectivity index (χ1) is 14.3. The van der Waals surface area contributed by atoms with Crippen molar-refractivity contribution in [2.24, 2.45) is 0 Å². The Bertz CT molecular complexity index is 845. The summed E-state index contributed by atoms with van der Waals surface area (Å²) >= 11 is 0. The van der Waals surface area contributed by atoms with Crippen molar-refractivity contribution in [2.75, 3.05) is 48.5 Å². The van der Waals surface area contributed by atoms with Gasteiger partial charge in [-0.2, -0.15) is 0 Å². The smallest absolute Gasteiger partial charge is 0.231 e. The molecule has 2 heterocycles. The number of ether oxygens (including phenoxy) is 8. The molecule has 4 rings (SSSR count). The molecule has 0 radical (unpaired) electrons. The van der Waals surface area contributed by atoms with E-state index in [0.717, 1.165) is 27.8 Å². The maximum absolute atomic E-state index is 5.98. The van der Waals surface area contributed by atoms with Crippen LogP contribution in [0.2, 0.25) is 0 Å². The third-order valence-corrected chi connectivity index (χ3v) is 5.01. The lowest BCUT2D eigenvalue weighted by Crippen LogP contribution is -2.44. The fourth-order valence-electron chi connectivity index (χ4n) is 3.77. The highest BCUT2D eigenvalue weighted by molar-refractivity contribution is 5.89. The van der Waals surface area contributed by atoms with E-state index in [9.17, 15) is 0 Å². The molecule has 2 aromatic rings. The van der Waals surface area contributed by atoms with E-state index in [4.69, 9.17) is 42.9 Å². The predicted octanol–water partition coefficient (Wildman–Crippen LogP) is 2.16. The molecule has 0 fully saturated rings. The molecule has 0 bridgehead atoms. The molecule has 1 aromatic heterocycles. The van der Waals surface area contributed by atoms with Gasteiger partial charge in [0.2, 0.25) is 6.79 Å². The van der Waals surface area contributed by atoms with Crippen LogP contribution in [0.25, 0.3) is 10.8 Å². The highest BCUT2D eigenvalue weighted by atomic mass is 16.7. The monoisotopic (exact) mass is 407 g/mol. The normalized spacial score (nSPS) is 22.8. The van der Waals surface area contributed by atoms with E-state index in [-0.39, 0.29) is 33.3 Å². The van der Waals surface area contributed by atoms with Gasteiger partial charge in [-0.1, -0.05) is 0 Å². The van der Waals surface area contributed by atoms with Gasteiger partial charge in [-0.05, 0) is 23.1 Å². The van der Waals surface area contributed by atoms with Crippen LogP contribution in [0.3, 0.4) is 0 Å². The Morgan fingerprint density at radius 2 is 1.62 bits per heavy atom. The molecule has 0 unspecified atom stereocenters. The number of aromatic nitrogens is 1. The maximum atomic E-state index is 5.98. The van der Waals surface area contributed by atoms with Crippen LogP contribution in [0.1, 0.15) is 17.4 Å². The fraction of sp³-hybridized carbons (Fsp3) is 0.550. The first-order valence-corrected chi connectivity index (χ1v) is 9.29. The molecule has 3 atom stereocenters. The summed E-state index contributed by atoms with van der Waals surface area (Å²) in [5.41, 5.74) is 1.80. The molecule has 0 spiro atoms. The predicted molar refractivity (Wildman–Crippen MR) is 101 cm³/mol. The van der Waals surface area contributed by atoms with Crippen LogP contribution in [-0.4, -0.2) is 65.7 Å². The minimum atomic E-state index is -0.495.